The van der Waals surface area contributed by atoms with E-state index in [1.807, 2.05) is 0 Å². The number of phenolic OH excluding ortho intramolecular Hbond substituents is 2. The summed E-state index contributed by atoms with van der Waals surface area (Å²) in [4.78, 5) is 25.5. The number of hydrogen-bond acceptors (Lipinski definition) is 11. The molecule has 0 aliphatic heterocycles. The van der Waals surface area contributed by atoms with Crippen LogP contribution in [0, 0.1) is 0 Å². The molecular weight excluding hydrogens is 443 g/mol. The number of anilines is 2. The van der Waals surface area contributed by atoms with E-state index in [0.717, 1.165) is 18.2 Å². The third-order valence-electron chi connectivity index (χ3n) is 4.47. The zero-order valence-electron chi connectivity index (χ0n) is 16.3. The second-order valence-electron chi connectivity index (χ2n) is 6.31. The molecule has 0 saturated heterocycles. The van der Waals surface area contributed by atoms with Gasteiger partial charge in [-0.3, -0.25) is 9.59 Å². The Kier molecular flexibility index (Phi) is 7.70. The second kappa shape index (κ2) is 9.53. The molecule has 0 amide bonds. The van der Waals surface area contributed by atoms with Crippen molar-refractivity contribution in [3.05, 3.63) is 40.5 Å². The number of rotatable bonds is 7. The summed E-state index contributed by atoms with van der Waals surface area (Å²) in [6.45, 7) is -1.29. The van der Waals surface area contributed by atoms with Gasteiger partial charge in [0.1, 0.15) is 21.6 Å². The second-order valence-corrected chi connectivity index (χ2v) is 7.66. The number of ketones is 2. The smallest absolute Gasteiger partial charge is 0.744 e. The van der Waals surface area contributed by atoms with Crippen molar-refractivity contribution in [1.82, 2.24) is 0 Å². The predicted octanol–water partition coefficient (Wildman–Crippen LogP) is -3.41. The number of aliphatic hydroxyl groups excluding tert-OH is 2. The minimum Gasteiger partial charge on any atom is -0.744 e. The first-order valence-electron chi connectivity index (χ1n) is 8.64. The van der Waals surface area contributed by atoms with Gasteiger partial charge in [0.15, 0.2) is 0 Å². The summed E-state index contributed by atoms with van der Waals surface area (Å²) in [7, 11) is -5.15. The van der Waals surface area contributed by atoms with Gasteiger partial charge in [0.25, 0.3) is 0 Å². The van der Waals surface area contributed by atoms with Gasteiger partial charge < -0.3 is 35.6 Å². The van der Waals surface area contributed by atoms with Crippen molar-refractivity contribution < 1.29 is 72.5 Å². The molecule has 11 nitrogen and oxygen atoms in total. The minimum atomic E-state index is -5.15. The Labute approximate surface area is 198 Å². The first kappa shape index (κ1) is 25.1. The maximum atomic E-state index is 13.2. The fourth-order valence-corrected chi connectivity index (χ4v) is 3.98. The Balaban J connectivity index is 0.00000341. The summed E-state index contributed by atoms with van der Waals surface area (Å²) in [6.07, 6.45) is 0. The summed E-state index contributed by atoms with van der Waals surface area (Å²) in [5, 5.41) is 43.5. The molecule has 0 bridgehead atoms. The molecule has 160 valence electrons. The fraction of sp³-hybridized carbons (Fsp3) is 0.222. The van der Waals surface area contributed by atoms with E-state index >= 15 is 0 Å². The Bertz CT molecular complexity index is 1170. The number of fused-ring (bicyclic) bond motifs is 2. The number of benzene rings is 2. The Morgan fingerprint density at radius 2 is 1.32 bits per heavy atom. The third kappa shape index (κ3) is 4.41. The monoisotopic (exact) mass is 460 g/mol. The number of hydrogen-bond donors (Lipinski definition) is 6. The molecule has 0 spiro atoms. The zero-order valence-corrected chi connectivity index (χ0v) is 19.1. The van der Waals surface area contributed by atoms with Crippen molar-refractivity contribution in [3.8, 4) is 11.5 Å². The summed E-state index contributed by atoms with van der Waals surface area (Å²) in [5.74, 6) is -3.12. The van der Waals surface area contributed by atoms with Crippen LogP contribution in [0.15, 0.2) is 23.1 Å². The van der Waals surface area contributed by atoms with Crippen molar-refractivity contribution in [2.24, 2.45) is 0 Å². The van der Waals surface area contributed by atoms with E-state index in [2.05, 4.69) is 10.6 Å². The Morgan fingerprint density at radius 3 is 1.81 bits per heavy atom. The van der Waals surface area contributed by atoms with Gasteiger partial charge in [-0.2, -0.15) is 0 Å². The molecule has 13 heteroatoms. The van der Waals surface area contributed by atoms with Gasteiger partial charge in [-0.25, -0.2) is 8.42 Å². The minimum absolute atomic E-state index is 0. The third-order valence-corrected chi connectivity index (χ3v) is 5.33. The maximum absolute atomic E-state index is 13.2. The van der Waals surface area contributed by atoms with Gasteiger partial charge in [0.2, 0.25) is 11.6 Å². The SMILES string of the molecule is O=C1c2c(O)ccc(O)c2C(=O)c2c(NCCO)c(S(=O)(=O)[O-])cc(NCCO)c21.[Na+]. The van der Waals surface area contributed by atoms with Gasteiger partial charge in [-0.15, -0.1) is 0 Å². The molecular formula is C18H17N2NaO9S. The van der Waals surface area contributed by atoms with E-state index in [0.29, 0.717) is 0 Å². The van der Waals surface area contributed by atoms with Crippen LogP contribution in [0.3, 0.4) is 0 Å². The zero-order chi connectivity index (χ0) is 22.2. The average Bonchev–Trinajstić information content (AvgIpc) is 2.69. The standard InChI is InChI=1S/C18H18N2O9S.Na/c21-5-3-19-8-7-11(30(27,28)29)16(20-4-6-22)15-12(8)17(25)13-9(23)1-2-10(24)14(13)18(15)26;/h1-2,7,19-24H,3-6H2,(H,27,28,29);/q;+1/p-1. The Morgan fingerprint density at radius 1 is 0.839 bits per heavy atom. The first-order chi connectivity index (χ1) is 14.1. The molecule has 0 atom stereocenters. The van der Waals surface area contributed by atoms with Crippen LogP contribution in [-0.4, -0.2) is 71.3 Å². The quantitative estimate of drug-likeness (QED) is 0.117. The van der Waals surface area contributed by atoms with Gasteiger partial charge in [-0.1, -0.05) is 0 Å². The molecule has 0 heterocycles. The van der Waals surface area contributed by atoms with Crippen molar-refractivity contribution in [2.75, 3.05) is 36.9 Å². The van der Waals surface area contributed by atoms with Crippen LogP contribution >= 0.6 is 0 Å². The van der Waals surface area contributed by atoms with E-state index in [9.17, 15) is 32.8 Å². The molecule has 0 unspecified atom stereocenters. The van der Waals surface area contributed by atoms with Gasteiger partial charge in [0, 0.05) is 18.8 Å². The van der Waals surface area contributed by atoms with Crippen molar-refractivity contribution >= 4 is 33.1 Å². The molecule has 6 N–H and O–H groups in total. The topological polar surface area (TPSA) is 196 Å². The maximum Gasteiger partial charge on any atom is 1.00 e. The van der Waals surface area contributed by atoms with Crippen LogP contribution in [0.25, 0.3) is 0 Å². The van der Waals surface area contributed by atoms with Crippen LogP contribution < -0.4 is 40.2 Å². The van der Waals surface area contributed by atoms with Crippen LogP contribution in [-0.2, 0) is 10.1 Å². The molecule has 3 rings (SSSR count). The van der Waals surface area contributed by atoms with Gasteiger partial charge in [0.05, 0.1) is 46.1 Å². The molecule has 1 aliphatic rings. The molecule has 0 saturated carbocycles. The Hall–Kier alpha value is -2.19. The normalized spacial score (nSPS) is 12.6. The van der Waals surface area contributed by atoms with Crippen LogP contribution in [0.2, 0.25) is 0 Å². The number of aromatic hydroxyl groups is 2. The summed E-state index contributed by atoms with van der Waals surface area (Å²) < 4.78 is 35.6. The van der Waals surface area contributed by atoms with Crippen molar-refractivity contribution in [3.63, 3.8) is 0 Å². The van der Waals surface area contributed by atoms with Crippen LogP contribution in [0.5, 0.6) is 11.5 Å². The first-order valence-corrected chi connectivity index (χ1v) is 10.0. The van der Waals surface area contributed by atoms with E-state index < -0.39 is 73.7 Å². The number of carbonyl (C=O) groups excluding carboxylic acids is 2. The number of phenols is 2. The van der Waals surface area contributed by atoms with E-state index in [4.69, 9.17) is 10.2 Å². The van der Waals surface area contributed by atoms with Gasteiger partial charge in [-0.05, 0) is 18.2 Å². The fourth-order valence-electron chi connectivity index (χ4n) is 3.30. The van der Waals surface area contributed by atoms with E-state index in [1.165, 1.54) is 0 Å². The van der Waals surface area contributed by atoms with Crippen LogP contribution in [0.4, 0.5) is 11.4 Å². The van der Waals surface area contributed by atoms with E-state index in [1.54, 1.807) is 0 Å². The predicted molar refractivity (Wildman–Crippen MR) is 102 cm³/mol. The molecule has 2 aromatic carbocycles. The van der Waals surface area contributed by atoms with Gasteiger partial charge >= 0.3 is 29.6 Å². The van der Waals surface area contributed by atoms with Crippen LogP contribution in [0.1, 0.15) is 31.8 Å². The summed E-state index contributed by atoms with van der Waals surface area (Å²) in [6, 6.07) is 2.85. The number of nitrogens with one attached hydrogen (secondary N) is 2. The molecule has 0 aromatic heterocycles. The molecule has 0 radical (unpaired) electrons. The average molecular weight is 460 g/mol. The summed E-state index contributed by atoms with van der Waals surface area (Å²) >= 11 is 0. The van der Waals surface area contributed by atoms with E-state index in [-0.39, 0.29) is 53.9 Å². The van der Waals surface area contributed by atoms with Crippen molar-refractivity contribution in [1.29, 1.82) is 0 Å². The van der Waals surface area contributed by atoms with Crippen molar-refractivity contribution in [2.45, 2.75) is 4.90 Å². The molecule has 0 fully saturated rings. The number of carbonyl (C=O) groups is 2. The number of aliphatic hydroxyl groups is 2. The largest absolute Gasteiger partial charge is 1.00 e. The summed E-state index contributed by atoms with van der Waals surface area (Å²) in [5.41, 5.74) is -2.63. The molecule has 1 aliphatic carbocycles. The molecule has 2 aromatic rings. The molecule has 31 heavy (non-hydrogen) atoms.